The molecule has 1 amide bonds. The third-order valence-electron chi connectivity index (χ3n) is 3.57. The van der Waals surface area contributed by atoms with E-state index in [1.54, 1.807) is 0 Å². The van der Waals surface area contributed by atoms with Crippen molar-refractivity contribution in [2.75, 3.05) is 6.54 Å². The maximum absolute atomic E-state index is 11.9. The molecule has 1 aromatic carbocycles. The van der Waals surface area contributed by atoms with Crippen LogP contribution in [0.4, 0.5) is 0 Å². The molecule has 1 heterocycles. The van der Waals surface area contributed by atoms with Crippen molar-refractivity contribution in [2.45, 2.75) is 31.7 Å². The Hall–Kier alpha value is -2.94. The number of rotatable bonds is 9. The summed E-state index contributed by atoms with van der Waals surface area (Å²) in [5.41, 5.74) is 7.06. The first-order chi connectivity index (χ1) is 12.1. The van der Waals surface area contributed by atoms with Crippen LogP contribution in [0.25, 0.3) is 11.4 Å². The lowest BCUT2D eigenvalue weighted by molar-refractivity contribution is -0.138. The van der Waals surface area contributed by atoms with Crippen LogP contribution in [0, 0.1) is 0 Å². The van der Waals surface area contributed by atoms with Gasteiger partial charge in [-0.3, -0.25) is 9.59 Å². The second-order valence-electron chi connectivity index (χ2n) is 5.53. The molecule has 0 aliphatic heterocycles. The zero-order chi connectivity index (χ0) is 18.1. The standard InChI is InChI=1S/C16H20N6O3/c17-13(16(24)25)3-1-2-8-18-14(23)9-11-4-6-12(7-5-11)15-21-19-10-20-22-15/h4-7,10,13H,1-3,8-9,17H2,(H,18,23)(H,24,25). The highest BCUT2D eigenvalue weighted by molar-refractivity contribution is 5.78. The van der Waals surface area contributed by atoms with Crippen molar-refractivity contribution in [1.29, 1.82) is 0 Å². The maximum Gasteiger partial charge on any atom is 0.320 e. The Bertz CT molecular complexity index is 693. The van der Waals surface area contributed by atoms with Gasteiger partial charge in [0.05, 0.1) is 6.42 Å². The first-order valence-electron chi connectivity index (χ1n) is 7.91. The molecule has 132 valence electrons. The van der Waals surface area contributed by atoms with Crippen LogP contribution in [-0.2, 0) is 16.0 Å². The number of carboxylic acids is 1. The van der Waals surface area contributed by atoms with Gasteiger partial charge < -0.3 is 16.2 Å². The van der Waals surface area contributed by atoms with E-state index in [4.69, 9.17) is 10.8 Å². The molecule has 9 nitrogen and oxygen atoms in total. The number of nitrogens with one attached hydrogen (secondary N) is 1. The van der Waals surface area contributed by atoms with Crippen molar-refractivity contribution >= 4 is 11.9 Å². The van der Waals surface area contributed by atoms with Gasteiger partial charge in [-0.05, 0) is 24.8 Å². The summed E-state index contributed by atoms with van der Waals surface area (Å²) < 4.78 is 0. The minimum absolute atomic E-state index is 0.0884. The van der Waals surface area contributed by atoms with Gasteiger partial charge >= 0.3 is 5.97 Å². The molecular formula is C16H20N6O3. The molecule has 0 saturated heterocycles. The average Bonchev–Trinajstić information content (AvgIpc) is 2.62. The summed E-state index contributed by atoms with van der Waals surface area (Å²) >= 11 is 0. The number of carbonyl (C=O) groups is 2. The van der Waals surface area contributed by atoms with Crippen LogP contribution in [0.1, 0.15) is 24.8 Å². The third kappa shape index (κ3) is 6.22. The molecule has 4 N–H and O–H groups in total. The lowest BCUT2D eigenvalue weighted by Gasteiger charge is -2.07. The Morgan fingerprint density at radius 2 is 1.80 bits per heavy atom. The van der Waals surface area contributed by atoms with E-state index in [1.807, 2.05) is 24.3 Å². The summed E-state index contributed by atoms with van der Waals surface area (Å²) in [4.78, 5) is 22.5. The third-order valence-corrected chi connectivity index (χ3v) is 3.57. The fraction of sp³-hybridized carbons (Fsp3) is 0.375. The number of carboxylic acid groups (broad SMARTS) is 1. The number of nitrogens with zero attached hydrogens (tertiary/aromatic N) is 4. The number of amides is 1. The van der Waals surface area contributed by atoms with Gasteiger partial charge in [0, 0.05) is 12.1 Å². The number of benzene rings is 1. The molecule has 1 aromatic heterocycles. The lowest BCUT2D eigenvalue weighted by atomic mass is 10.1. The van der Waals surface area contributed by atoms with Crippen molar-refractivity contribution in [3.8, 4) is 11.4 Å². The fourth-order valence-electron chi connectivity index (χ4n) is 2.18. The molecule has 1 atom stereocenters. The van der Waals surface area contributed by atoms with Crippen molar-refractivity contribution < 1.29 is 14.7 Å². The molecule has 1 unspecified atom stereocenters. The van der Waals surface area contributed by atoms with Gasteiger partial charge in [0.1, 0.15) is 6.04 Å². The van der Waals surface area contributed by atoms with E-state index in [1.165, 1.54) is 6.33 Å². The number of hydrogen-bond donors (Lipinski definition) is 3. The van der Waals surface area contributed by atoms with Gasteiger partial charge in [-0.25, -0.2) is 0 Å². The molecule has 0 saturated carbocycles. The van der Waals surface area contributed by atoms with Crippen molar-refractivity contribution in [3.05, 3.63) is 36.2 Å². The molecule has 25 heavy (non-hydrogen) atoms. The summed E-state index contributed by atoms with van der Waals surface area (Å²) in [6, 6.07) is 6.45. The predicted molar refractivity (Wildman–Crippen MR) is 89.2 cm³/mol. The lowest BCUT2D eigenvalue weighted by Crippen LogP contribution is -2.30. The Morgan fingerprint density at radius 3 is 2.44 bits per heavy atom. The Labute approximate surface area is 144 Å². The van der Waals surface area contributed by atoms with Gasteiger partial charge in [-0.2, -0.15) is 0 Å². The smallest absolute Gasteiger partial charge is 0.320 e. The van der Waals surface area contributed by atoms with Crippen LogP contribution in [0.2, 0.25) is 0 Å². The van der Waals surface area contributed by atoms with E-state index in [9.17, 15) is 9.59 Å². The fourth-order valence-corrected chi connectivity index (χ4v) is 2.18. The molecule has 2 rings (SSSR count). The quantitative estimate of drug-likeness (QED) is 0.546. The Kier molecular flexibility index (Phi) is 6.90. The molecule has 0 spiro atoms. The highest BCUT2D eigenvalue weighted by Gasteiger charge is 2.10. The second-order valence-corrected chi connectivity index (χ2v) is 5.53. The van der Waals surface area contributed by atoms with Crippen LogP contribution in [-0.4, -0.2) is 50.0 Å². The van der Waals surface area contributed by atoms with Crippen LogP contribution >= 0.6 is 0 Å². The minimum atomic E-state index is -1.00. The zero-order valence-corrected chi connectivity index (χ0v) is 13.6. The van der Waals surface area contributed by atoms with Crippen LogP contribution in [0.3, 0.4) is 0 Å². The minimum Gasteiger partial charge on any atom is -0.480 e. The van der Waals surface area contributed by atoms with E-state index < -0.39 is 12.0 Å². The van der Waals surface area contributed by atoms with Crippen LogP contribution < -0.4 is 11.1 Å². The molecule has 0 bridgehead atoms. The highest BCUT2D eigenvalue weighted by Crippen LogP contribution is 2.14. The second kappa shape index (κ2) is 9.38. The average molecular weight is 344 g/mol. The van der Waals surface area contributed by atoms with E-state index in [0.29, 0.717) is 31.6 Å². The maximum atomic E-state index is 11.9. The SMILES string of the molecule is NC(CCCCNC(=O)Cc1ccc(-c2nncnn2)cc1)C(=O)O. The topological polar surface area (TPSA) is 144 Å². The van der Waals surface area contributed by atoms with E-state index in [0.717, 1.165) is 11.1 Å². The normalized spacial score (nSPS) is 11.7. The monoisotopic (exact) mass is 344 g/mol. The summed E-state index contributed by atoms with van der Waals surface area (Å²) in [7, 11) is 0. The highest BCUT2D eigenvalue weighted by atomic mass is 16.4. The van der Waals surface area contributed by atoms with Gasteiger partial charge in [0.2, 0.25) is 11.7 Å². The summed E-state index contributed by atoms with van der Waals surface area (Å²) in [6.07, 6.45) is 3.27. The van der Waals surface area contributed by atoms with Gasteiger partial charge in [-0.15, -0.1) is 20.4 Å². The van der Waals surface area contributed by atoms with Crippen molar-refractivity contribution in [3.63, 3.8) is 0 Å². The largest absolute Gasteiger partial charge is 0.480 e. The summed E-state index contributed by atoms with van der Waals surface area (Å²) in [6.45, 7) is 0.498. The van der Waals surface area contributed by atoms with Crippen LogP contribution in [0.15, 0.2) is 30.6 Å². The Morgan fingerprint density at radius 1 is 1.12 bits per heavy atom. The summed E-state index contributed by atoms with van der Waals surface area (Å²) in [5.74, 6) is -0.660. The summed E-state index contributed by atoms with van der Waals surface area (Å²) in [5, 5.41) is 26.6. The number of unbranched alkanes of at least 4 members (excludes halogenated alkanes) is 1. The number of hydrogen-bond acceptors (Lipinski definition) is 7. The molecule has 0 fully saturated rings. The Balaban J connectivity index is 1.71. The van der Waals surface area contributed by atoms with E-state index in [2.05, 4.69) is 25.7 Å². The van der Waals surface area contributed by atoms with E-state index in [-0.39, 0.29) is 12.3 Å². The molecule has 9 heteroatoms. The van der Waals surface area contributed by atoms with Crippen molar-refractivity contribution in [1.82, 2.24) is 25.7 Å². The van der Waals surface area contributed by atoms with Crippen molar-refractivity contribution in [2.24, 2.45) is 5.73 Å². The molecule has 0 aliphatic carbocycles. The molecule has 0 radical (unpaired) electrons. The number of aromatic nitrogens is 4. The van der Waals surface area contributed by atoms with Gasteiger partial charge in [0.25, 0.3) is 0 Å². The van der Waals surface area contributed by atoms with Gasteiger partial charge in [-0.1, -0.05) is 24.3 Å². The molecule has 2 aromatic rings. The first kappa shape index (κ1) is 18.4. The van der Waals surface area contributed by atoms with Crippen LogP contribution in [0.5, 0.6) is 0 Å². The van der Waals surface area contributed by atoms with E-state index >= 15 is 0 Å². The number of aliphatic carboxylic acids is 1. The number of nitrogens with two attached hydrogens (primary N) is 1. The van der Waals surface area contributed by atoms with Gasteiger partial charge in [0.15, 0.2) is 6.33 Å². The first-order valence-corrected chi connectivity index (χ1v) is 7.91. The molecule has 0 aliphatic rings. The number of carbonyl (C=O) groups excluding carboxylic acids is 1. The molecular weight excluding hydrogens is 324 g/mol. The zero-order valence-electron chi connectivity index (χ0n) is 13.6. The predicted octanol–water partition coefficient (Wildman–Crippen LogP) is 0.174.